The molecule has 136 valence electrons. The second kappa shape index (κ2) is 6.17. The van der Waals surface area contributed by atoms with Crippen LogP contribution in [-0.2, 0) is 5.41 Å². The molecule has 1 N–H and O–H groups in total. The summed E-state index contributed by atoms with van der Waals surface area (Å²) in [4.78, 5) is 4.98. The van der Waals surface area contributed by atoms with Gasteiger partial charge in [0.05, 0.1) is 0 Å². The Kier molecular flexibility index (Phi) is 3.91. The topological polar surface area (TPSA) is 18.5 Å². The molecular weight excluding hydrogens is 342 g/mol. The summed E-state index contributed by atoms with van der Waals surface area (Å²) in [7, 11) is 0. The molecule has 2 aromatic rings. The molecule has 1 aliphatic carbocycles. The monoisotopic (exact) mass is 367 g/mol. The standard InChI is InChI=1S/C22H26ClN3/c1-16-12-20(6-7-21(16)23)26-10-8-25(9-11-26)19-4-2-17(3-5-19)22-13-18(22)14-24-15-22/h2-7,12,18,24H,8-11,13-15H2,1H3. The minimum absolute atomic E-state index is 0.462. The lowest BCUT2D eigenvalue weighted by Gasteiger charge is -2.37. The van der Waals surface area contributed by atoms with Gasteiger partial charge in [0.25, 0.3) is 0 Å². The van der Waals surface area contributed by atoms with Crippen LogP contribution in [0.1, 0.15) is 17.5 Å². The molecule has 0 spiro atoms. The third-order valence-electron chi connectivity index (χ3n) is 6.66. The first kappa shape index (κ1) is 16.5. The molecule has 2 atom stereocenters. The first-order valence-corrected chi connectivity index (χ1v) is 10.1. The molecule has 2 aromatic carbocycles. The van der Waals surface area contributed by atoms with E-state index in [1.54, 1.807) is 0 Å². The maximum atomic E-state index is 6.16. The smallest absolute Gasteiger partial charge is 0.0436 e. The van der Waals surface area contributed by atoms with Gasteiger partial charge in [-0.25, -0.2) is 0 Å². The van der Waals surface area contributed by atoms with E-state index >= 15 is 0 Å². The van der Waals surface area contributed by atoms with E-state index in [-0.39, 0.29) is 0 Å². The van der Waals surface area contributed by atoms with Crippen LogP contribution in [-0.4, -0.2) is 39.3 Å². The predicted octanol–water partition coefficient (Wildman–Crippen LogP) is 3.84. The molecule has 5 rings (SSSR count). The van der Waals surface area contributed by atoms with Crippen molar-refractivity contribution in [1.82, 2.24) is 5.32 Å². The Morgan fingerprint density at radius 3 is 2.19 bits per heavy atom. The molecule has 2 unspecified atom stereocenters. The van der Waals surface area contributed by atoms with Gasteiger partial charge in [-0.1, -0.05) is 23.7 Å². The van der Waals surface area contributed by atoms with E-state index in [0.29, 0.717) is 5.41 Å². The van der Waals surface area contributed by atoms with Crippen molar-refractivity contribution in [3.05, 3.63) is 58.6 Å². The number of benzene rings is 2. The highest BCUT2D eigenvalue weighted by Gasteiger charge is 2.57. The van der Waals surface area contributed by atoms with E-state index in [1.807, 2.05) is 6.07 Å². The number of nitrogens with zero attached hydrogens (tertiary/aromatic N) is 2. The normalized spacial score (nSPS) is 27.5. The molecule has 3 nitrogen and oxygen atoms in total. The summed E-state index contributed by atoms with van der Waals surface area (Å²) in [6.45, 7) is 8.68. The Morgan fingerprint density at radius 2 is 1.62 bits per heavy atom. The fourth-order valence-corrected chi connectivity index (χ4v) is 4.96. The zero-order chi connectivity index (χ0) is 17.7. The number of piperidine rings is 1. The molecule has 2 aliphatic heterocycles. The van der Waals surface area contributed by atoms with Gasteiger partial charge in [-0.3, -0.25) is 0 Å². The van der Waals surface area contributed by atoms with Gasteiger partial charge in [0, 0.05) is 54.5 Å². The van der Waals surface area contributed by atoms with Crippen molar-refractivity contribution in [1.29, 1.82) is 0 Å². The van der Waals surface area contributed by atoms with Gasteiger partial charge in [0.1, 0.15) is 0 Å². The molecule has 0 radical (unpaired) electrons. The van der Waals surface area contributed by atoms with Gasteiger partial charge in [-0.15, -0.1) is 0 Å². The first-order chi connectivity index (χ1) is 12.7. The average Bonchev–Trinajstić information content (AvgIpc) is 3.25. The molecule has 1 saturated carbocycles. The summed E-state index contributed by atoms with van der Waals surface area (Å²) in [5, 5.41) is 4.39. The second-order valence-corrected chi connectivity index (χ2v) is 8.55. The molecule has 0 bridgehead atoms. The lowest BCUT2D eigenvalue weighted by molar-refractivity contribution is 0.652. The van der Waals surface area contributed by atoms with Gasteiger partial charge in [-0.2, -0.15) is 0 Å². The quantitative estimate of drug-likeness (QED) is 0.889. The number of hydrogen-bond donors (Lipinski definition) is 1. The van der Waals surface area contributed by atoms with E-state index in [4.69, 9.17) is 11.6 Å². The molecule has 0 amide bonds. The van der Waals surface area contributed by atoms with E-state index in [2.05, 4.69) is 58.4 Å². The maximum absolute atomic E-state index is 6.16. The Hall–Kier alpha value is -1.71. The first-order valence-electron chi connectivity index (χ1n) is 9.73. The van der Waals surface area contributed by atoms with Crippen LogP contribution in [0, 0.1) is 12.8 Å². The zero-order valence-electron chi connectivity index (χ0n) is 15.3. The van der Waals surface area contributed by atoms with Crippen LogP contribution in [0.15, 0.2) is 42.5 Å². The van der Waals surface area contributed by atoms with Crippen molar-refractivity contribution >= 4 is 23.0 Å². The summed E-state index contributed by atoms with van der Waals surface area (Å²) < 4.78 is 0. The van der Waals surface area contributed by atoms with E-state index < -0.39 is 0 Å². The molecular formula is C22H26ClN3. The third kappa shape index (κ3) is 2.69. The molecule has 26 heavy (non-hydrogen) atoms. The average molecular weight is 368 g/mol. The fourth-order valence-electron chi connectivity index (χ4n) is 4.84. The van der Waals surface area contributed by atoms with Crippen LogP contribution < -0.4 is 15.1 Å². The number of piperazine rings is 1. The van der Waals surface area contributed by atoms with Gasteiger partial charge in [0.15, 0.2) is 0 Å². The van der Waals surface area contributed by atoms with Gasteiger partial charge in [0.2, 0.25) is 0 Å². The lowest BCUT2D eigenvalue weighted by Crippen LogP contribution is -2.46. The number of fused-ring (bicyclic) bond motifs is 1. The molecule has 0 aromatic heterocycles. The largest absolute Gasteiger partial charge is 0.368 e. The summed E-state index contributed by atoms with van der Waals surface area (Å²) in [6.07, 6.45) is 1.37. The lowest BCUT2D eigenvalue weighted by atomic mass is 9.95. The highest BCUT2D eigenvalue weighted by atomic mass is 35.5. The summed E-state index contributed by atoms with van der Waals surface area (Å²) >= 11 is 6.16. The van der Waals surface area contributed by atoms with Crippen molar-refractivity contribution in [3.63, 3.8) is 0 Å². The number of nitrogens with one attached hydrogen (secondary N) is 1. The number of halogens is 1. The summed E-state index contributed by atoms with van der Waals surface area (Å²) in [6, 6.07) is 15.8. The van der Waals surface area contributed by atoms with E-state index in [1.165, 1.54) is 29.9 Å². The number of hydrogen-bond acceptors (Lipinski definition) is 3. The van der Waals surface area contributed by atoms with Crippen LogP contribution in [0.4, 0.5) is 11.4 Å². The van der Waals surface area contributed by atoms with Gasteiger partial charge < -0.3 is 15.1 Å². The van der Waals surface area contributed by atoms with Gasteiger partial charge in [-0.05, 0) is 67.3 Å². The van der Waals surface area contributed by atoms with Crippen molar-refractivity contribution in [2.24, 2.45) is 5.92 Å². The Labute approximate surface area is 160 Å². The van der Waals surface area contributed by atoms with E-state index in [0.717, 1.165) is 49.2 Å². The van der Waals surface area contributed by atoms with Crippen LogP contribution in [0.2, 0.25) is 5.02 Å². The molecule has 3 fully saturated rings. The minimum atomic E-state index is 0.462. The number of anilines is 2. The SMILES string of the molecule is Cc1cc(N2CCN(c3ccc(C45CNCC4C5)cc3)CC2)ccc1Cl. The molecule has 2 heterocycles. The molecule has 2 saturated heterocycles. The van der Waals surface area contributed by atoms with Crippen molar-refractivity contribution < 1.29 is 0 Å². The van der Waals surface area contributed by atoms with Crippen LogP contribution >= 0.6 is 11.6 Å². The highest BCUT2D eigenvalue weighted by Crippen LogP contribution is 2.56. The second-order valence-electron chi connectivity index (χ2n) is 8.14. The van der Waals surface area contributed by atoms with Crippen LogP contribution in [0.25, 0.3) is 0 Å². The molecule has 3 aliphatic rings. The predicted molar refractivity (Wildman–Crippen MR) is 110 cm³/mol. The fraction of sp³-hybridized carbons (Fsp3) is 0.455. The Bertz CT molecular complexity index is 811. The third-order valence-corrected chi connectivity index (χ3v) is 7.08. The van der Waals surface area contributed by atoms with Crippen molar-refractivity contribution in [3.8, 4) is 0 Å². The minimum Gasteiger partial charge on any atom is -0.368 e. The Balaban J connectivity index is 1.24. The highest BCUT2D eigenvalue weighted by molar-refractivity contribution is 6.31. The van der Waals surface area contributed by atoms with Gasteiger partial charge >= 0.3 is 0 Å². The summed E-state index contributed by atoms with van der Waals surface area (Å²) in [5.74, 6) is 0.875. The molecule has 4 heteroatoms. The van der Waals surface area contributed by atoms with Crippen LogP contribution in [0.3, 0.4) is 0 Å². The Morgan fingerprint density at radius 1 is 0.962 bits per heavy atom. The number of aryl methyl sites for hydroxylation is 1. The van der Waals surface area contributed by atoms with Crippen LogP contribution in [0.5, 0.6) is 0 Å². The summed E-state index contributed by atoms with van der Waals surface area (Å²) in [5.41, 5.74) is 5.80. The van der Waals surface area contributed by atoms with Crippen molar-refractivity contribution in [2.45, 2.75) is 18.8 Å². The number of rotatable bonds is 3. The zero-order valence-corrected chi connectivity index (χ0v) is 16.1. The van der Waals surface area contributed by atoms with Crippen molar-refractivity contribution in [2.75, 3.05) is 49.1 Å². The maximum Gasteiger partial charge on any atom is 0.0436 e. The van der Waals surface area contributed by atoms with E-state index in [9.17, 15) is 0 Å².